The molecule has 0 bridgehead atoms. The van der Waals surface area contributed by atoms with Gasteiger partial charge in [-0.05, 0) is 18.2 Å². The smallest absolute Gasteiger partial charge is 0.328 e. The zero-order valence-corrected chi connectivity index (χ0v) is 9.40. The lowest BCUT2D eigenvalue weighted by Gasteiger charge is -2.01. The largest absolute Gasteiger partial charge is 0.478 e. The summed E-state index contributed by atoms with van der Waals surface area (Å²) < 4.78 is 0.963. The Hall–Kier alpha value is -2.21. The first-order chi connectivity index (χ1) is 8.15. The quantitative estimate of drug-likeness (QED) is 0.813. The van der Waals surface area contributed by atoms with Crippen LogP contribution in [0.3, 0.4) is 0 Å². The third kappa shape index (κ3) is 2.88. The number of nitrogens with one attached hydrogen (secondary N) is 1. The number of hydrogen-bond acceptors (Lipinski definition) is 4. The van der Waals surface area contributed by atoms with E-state index in [1.54, 1.807) is 23.7 Å². The van der Waals surface area contributed by atoms with Gasteiger partial charge in [-0.2, -0.15) is 0 Å². The zero-order chi connectivity index (χ0) is 12.3. The summed E-state index contributed by atoms with van der Waals surface area (Å²) in [6.45, 7) is 0. The van der Waals surface area contributed by atoms with E-state index >= 15 is 0 Å². The Morgan fingerprint density at radius 3 is 2.94 bits per heavy atom. The highest BCUT2D eigenvalue weighted by atomic mass is 32.1. The predicted octanol–water partition coefficient (Wildman–Crippen LogP) is 1.88. The first-order valence-electron chi connectivity index (χ1n) is 4.70. The maximum atomic E-state index is 11.3. The van der Waals surface area contributed by atoms with E-state index in [1.165, 1.54) is 11.3 Å². The van der Waals surface area contributed by atoms with Crippen molar-refractivity contribution in [3.63, 3.8) is 0 Å². The van der Waals surface area contributed by atoms with Gasteiger partial charge in [-0.3, -0.25) is 4.79 Å². The minimum Gasteiger partial charge on any atom is -0.478 e. The Morgan fingerprint density at radius 1 is 1.35 bits per heavy atom. The van der Waals surface area contributed by atoms with Gasteiger partial charge in [0, 0.05) is 17.8 Å². The van der Waals surface area contributed by atoms with Crippen molar-refractivity contribution in [2.24, 2.45) is 0 Å². The van der Waals surface area contributed by atoms with Crippen LogP contribution in [0.15, 0.2) is 35.9 Å². The molecule has 0 radical (unpaired) electrons. The molecule has 0 spiro atoms. The molecule has 6 heteroatoms. The topological polar surface area (TPSA) is 79.3 Å². The highest BCUT2D eigenvalue weighted by Crippen LogP contribution is 2.21. The van der Waals surface area contributed by atoms with Crippen molar-refractivity contribution < 1.29 is 14.7 Å². The predicted molar refractivity (Wildman–Crippen MR) is 65.0 cm³/mol. The summed E-state index contributed by atoms with van der Waals surface area (Å²) in [4.78, 5) is 25.7. The molecule has 0 atom stereocenters. The molecule has 0 saturated heterocycles. The van der Waals surface area contributed by atoms with E-state index in [0.717, 1.165) is 22.4 Å². The van der Waals surface area contributed by atoms with Gasteiger partial charge in [0.2, 0.25) is 5.91 Å². The Bertz CT molecular complexity index is 604. The Kier molecular flexibility index (Phi) is 3.15. The molecule has 0 aliphatic rings. The van der Waals surface area contributed by atoms with E-state index in [4.69, 9.17) is 5.11 Å². The summed E-state index contributed by atoms with van der Waals surface area (Å²) in [5, 5.41) is 10.9. The standard InChI is InChI=1S/C11H8N2O3S/c14-10(3-4-11(15)16)13-7-1-2-8-9(5-7)17-6-12-8/h1-6H,(H,13,14)(H,15,16)/b4-3+. The molecule has 0 fully saturated rings. The molecule has 0 saturated carbocycles. The average Bonchev–Trinajstić information content (AvgIpc) is 2.73. The van der Waals surface area contributed by atoms with E-state index < -0.39 is 11.9 Å². The number of rotatable bonds is 3. The molecule has 2 rings (SSSR count). The fourth-order valence-electron chi connectivity index (χ4n) is 1.26. The molecule has 0 aliphatic carbocycles. The van der Waals surface area contributed by atoms with Gasteiger partial charge < -0.3 is 10.4 Å². The lowest BCUT2D eigenvalue weighted by atomic mass is 10.3. The van der Waals surface area contributed by atoms with E-state index in [0.29, 0.717) is 5.69 Å². The van der Waals surface area contributed by atoms with E-state index in [-0.39, 0.29) is 0 Å². The molecule has 17 heavy (non-hydrogen) atoms. The van der Waals surface area contributed by atoms with Crippen LogP contribution in [-0.2, 0) is 9.59 Å². The normalized spacial score (nSPS) is 10.8. The Balaban J connectivity index is 2.12. The molecule has 1 aromatic carbocycles. The third-order valence-electron chi connectivity index (χ3n) is 1.98. The number of fused-ring (bicyclic) bond motifs is 1. The maximum Gasteiger partial charge on any atom is 0.328 e. The first kappa shape index (κ1) is 11.3. The van der Waals surface area contributed by atoms with Crippen LogP contribution in [0.25, 0.3) is 10.2 Å². The fourth-order valence-corrected chi connectivity index (χ4v) is 1.98. The average molecular weight is 248 g/mol. The van der Waals surface area contributed by atoms with Crippen molar-refractivity contribution in [1.29, 1.82) is 0 Å². The summed E-state index contributed by atoms with van der Waals surface area (Å²) in [7, 11) is 0. The van der Waals surface area contributed by atoms with Gasteiger partial charge in [0.05, 0.1) is 15.7 Å². The second-order valence-corrected chi connectivity index (χ2v) is 4.08. The van der Waals surface area contributed by atoms with Crippen LogP contribution in [0.2, 0.25) is 0 Å². The van der Waals surface area contributed by atoms with Gasteiger partial charge in [0.25, 0.3) is 0 Å². The van der Waals surface area contributed by atoms with Crippen LogP contribution in [0.5, 0.6) is 0 Å². The highest BCUT2D eigenvalue weighted by Gasteiger charge is 2.01. The summed E-state index contributed by atoms with van der Waals surface area (Å²) in [6, 6.07) is 5.30. The monoisotopic (exact) mass is 248 g/mol. The molecular weight excluding hydrogens is 240 g/mol. The highest BCUT2D eigenvalue weighted by molar-refractivity contribution is 7.16. The summed E-state index contributed by atoms with van der Waals surface area (Å²) in [6.07, 6.45) is 1.76. The molecule has 2 aromatic rings. The molecule has 0 unspecified atom stereocenters. The van der Waals surface area contributed by atoms with Gasteiger partial charge in [-0.1, -0.05) is 0 Å². The maximum absolute atomic E-state index is 11.3. The Labute approximate surface area is 100 Å². The summed E-state index contributed by atoms with van der Waals surface area (Å²) >= 11 is 1.47. The molecule has 2 N–H and O–H groups in total. The second kappa shape index (κ2) is 4.75. The van der Waals surface area contributed by atoms with Crippen LogP contribution in [0.4, 0.5) is 5.69 Å². The fraction of sp³-hybridized carbons (Fsp3) is 0. The zero-order valence-electron chi connectivity index (χ0n) is 8.58. The molecular formula is C11H8N2O3S. The number of thiazole rings is 1. The Morgan fingerprint density at radius 2 is 2.18 bits per heavy atom. The third-order valence-corrected chi connectivity index (χ3v) is 2.77. The van der Waals surface area contributed by atoms with Gasteiger partial charge in [-0.15, -0.1) is 11.3 Å². The molecule has 86 valence electrons. The lowest BCUT2D eigenvalue weighted by Crippen LogP contribution is -2.08. The minimum atomic E-state index is -1.15. The van der Waals surface area contributed by atoms with Gasteiger partial charge in [-0.25, -0.2) is 9.78 Å². The van der Waals surface area contributed by atoms with E-state index in [1.807, 2.05) is 0 Å². The summed E-state index contributed by atoms with van der Waals surface area (Å²) in [5.74, 6) is -1.63. The van der Waals surface area contributed by atoms with Gasteiger partial charge in [0.1, 0.15) is 0 Å². The number of carbonyl (C=O) groups is 2. The van der Waals surface area contributed by atoms with Crippen molar-refractivity contribution in [3.8, 4) is 0 Å². The van der Waals surface area contributed by atoms with Crippen molar-refractivity contribution in [2.75, 3.05) is 5.32 Å². The molecule has 1 amide bonds. The molecule has 1 aromatic heterocycles. The number of aromatic nitrogens is 1. The lowest BCUT2D eigenvalue weighted by molar-refractivity contribution is -0.131. The van der Waals surface area contributed by atoms with Crippen LogP contribution < -0.4 is 5.32 Å². The van der Waals surface area contributed by atoms with Crippen LogP contribution in [0, 0.1) is 0 Å². The molecule has 0 aliphatic heterocycles. The van der Waals surface area contributed by atoms with Crippen LogP contribution >= 0.6 is 11.3 Å². The van der Waals surface area contributed by atoms with Crippen molar-refractivity contribution >= 4 is 39.1 Å². The number of aliphatic carboxylic acids is 1. The van der Waals surface area contributed by atoms with Crippen molar-refractivity contribution in [3.05, 3.63) is 35.9 Å². The van der Waals surface area contributed by atoms with Crippen molar-refractivity contribution in [1.82, 2.24) is 4.98 Å². The molecule has 5 nitrogen and oxygen atoms in total. The van der Waals surface area contributed by atoms with Crippen LogP contribution in [0.1, 0.15) is 0 Å². The SMILES string of the molecule is O=C(O)/C=C/C(=O)Nc1ccc2ncsc2c1. The van der Waals surface area contributed by atoms with Crippen LogP contribution in [-0.4, -0.2) is 22.0 Å². The number of carbonyl (C=O) groups excluding carboxylic acids is 1. The number of amides is 1. The number of carboxylic acid groups (broad SMARTS) is 1. The first-order valence-corrected chi connectivity index (χ1v) is 5.58. The summed E-state index contributed by atoms with van der Waals surface area (Å²) in [5.41, 5.74) is 3.21. The number of nitrogens with zero attached hydrogens (tertiary/aromatic N) is 1. The minimum absolute atomic E-state index is 0.476. The van der Waals surface area contributed by atoms with Gasteiger partial charge in [0.15, 0.2) is 0 Å². The van der Waals surface area contributed by atoms with E-state index in [2.05, 4.69) is 10.3 Å². The molecule has 1 heterocycles. The van der Waals surface area contributed by atoms with Gasteiger partial charge >= 0.3 is 5.97 Å². The number of benzene rings is 1. The second-order valence-electron chi connectivity index (χ2n) is 3.20. The van der Waals surface area contributed by atoms with Crippen molar-refractivity contribution in [2.45, 2.75) is 0 Å². The number of carboxylic acids is 1. The number of hydrogen-bond donors (Lipinski definition) is 2. The number of anilines is 1. The van der Waals surface area contributed by atoms with E-state index in [9.17, 15) is 9.59 Å².